The number of carbonyl (C=O) groups is 1. The summed E-state index contributed by atoms with van der Waals surface area (Å²) in [7, 11) is 1.38. The average Bonchev–Trinajstić information content (AvgIpc) is 2.26. The van der Waals surface area contributed by atoms with Crippen molar-refractivity contribution in [1.29, 1.82) is 0 Å². The van der Waals surface area contributed by atoms with E-state index in [9.17, 15) is 4.79 Å². The lowest BCUT2D eigenvalue weighted by molar-refractivity contribution is 0.0601. The minimum absolute atomic E-state index is 0.340. The van der Waals surface area contributed by atoms with Crippen molar-refractivity contribution >= 4 is 17.3 Å². The summed E-state index contributed by atoms with van der Waals surface area (Å²) in [6.45, 7) is 0.890. The Bertz CT molecular complexity index is 402. The van der Waals surface area contributed by atoms with Gasteiger partial charge in [-0.15, -0.1) is 0 Å². The predicted molar refractivity (Wildman–Crippen MR) is 59.0 cm³/mol. The highest BCUT2D eigenvalue weighted by Gasteiger charge is 2.18. The van der Waals surface area contributed by atoms with E-state index in [1.807, 2.05) is 6.07 Å². The molecule has 0 amide bonds. The van der Waals surface area contributed by atoms with Gasteiger partial charge in [-0.25, -0.2) is 4.79 Å². The molecule has 1 aliphatic heterocycles. The molecule has 4 heteroatoms. The molecule has 0 aliphatic carbocycles. The normalized spacial score (nSPS) is 13.9. The van der Waals surface area contributed by atoms with Crippen LogP contribution in [0.2, 0.25) is 0 Å². The summed E-state index contributed by atoms with van der Waals surface area (Å²) in [6, 6.07) is 3.57. The van der Waals surface area contributed by atoms with Crippen LogP contribution in [-0.4, -0.2) is 19.6 Å². The Morgan fingerprint density at radius 3 is 3.07 bits per heavy atom. The molecular weight excluding hydrogens is 192 g/mol. The summed E-state index contributed by atoms with van der Waals surface area (Å²) in [5, 5.41) is 3.22. The molecule has 0 fully saturated rings. The van der Waals surface area contributed by atoms with Gasteiger partial charge >= 0.3 is 5.97 Å². The van der Waals surface area contributed by atoms with Gasteiger partial charge in [0.05, 0.1) is 18.4 Å². The summed E-state index contributed by atoms with van der Waals surface area (Å²) in [5.41, 5.74) is 8.86. The van der Waals surface area contributed by atoms with Gasteiger partial charge in [-0.05, 0) is 30.5 Å². The van der Waals surface area contributed by atoms with Gasteiger partial charge in [0.1, 0.15) is 0 Å². The monoisotopic (exact) mass is 206 g/mol. The third-order valence-electron chi connectivity index (χ3n) is 2.57. The summed E-state index contributed by atoms with van der Waals surface area (Å²) in [5.74, 6) is -0.340. The number of nitrogens with one attached hydrogen (secondary N) is 1. The van der Waals surface area contributed by atoms with Crippen molar-refractivity contribution < 1.29 is 9.53 Å². The number of methoxy groups -OCH3 is 1. The number of benzene rings is 1. The molecule has 0 aromatic heterocycles. The Labute approximate surface area is 88.4 Å². The summed E-state index contributed by atoms with van der Waals surface area (Å²) in [6.07, 6.45) is 2.02. The molecule has 4 nitrogen and oxygen atoms in total. The SMILES string of the molecule is COC(=O)c1cc(N)cc2c1NCCC2. The number of ether oxygens (including phenoxy) is 1. The van der Waals surface area contributed by atoms with Crippen LogP contribution < -0.4 is 11.1 Å². The lowest BCUT2D eigenvalue weighted by atomic mass is 9.98. The van der Waals surface area contributed by atoms with Gasteiger partial charge in [0.25, 0.3) is 0 Å². The third kappa shape index (κ3) is 1.75. The summed E-state index contributed by atoms with van der Waals surface area (Å²) < 4.78 is 4.72. The maximum atomic E-state index is 11.5. The van der Waals surface area contributed by atoms with E-state index in [1.165, 1.54) is 7.11 Å². The number of rotatable bonds is 1. The van der Waals surface area contributed by atoms with Gasteiger partial charge in [0, 0.05) is 12.2 Å². The Kier molecular flexibility index (Phi) is 2.49. The lowest BCUT2D eigenvalue weighted by Gasteiger charge is -2.20. The number of hydrogen-bond acceptors (Lipinski definition) is 4. The van der Waals surface area contributed by atoms with Crippen LogP contribution in [0.25, 0.3) is 0 Å². The van der Waals surface area contributed by atoms with E-state index >= 15 is 0 Å². The van der Waals surface area contributed by atoms with Gasteiger partial charge in [0.2, 0.25) is 0 Å². The Balaban J connectivity index is 2.52. The van der Waals surface area contributed by atoms with Gasteiger partial charge < -0.3 is 15.8 Å². The fourth-order valence-electron chi connectivity index (χ4n) is 1.90. The smallest absolute Gasteiger partial charge is 0.340 e. The molecule has 0 atom stereocenters. The van der Waals surface area contributed by atoms with Crippen LogP contribution in [0, 0.1) is 0 Å². The number of nitrogen functional groups attached to an aromatic ring is 1. The molecule has 0 spiro atoms. The van der Waals surface area contributed by atoms with Crippen molar-refractivity contribution in [2.45, 2.75) is 12.8 Å². The van der Waals surface area contributed by atoms with Crippen LogP contribution >= 0.6 is 0 Å². The van der Waals surface area contributed by atoms with Gasteiger partial charge in [-0.2, -0.15) is 0 Å². The minimum atomic E-state index is -0.340. The topological polar surface area (TPSA) is 64.3 Å². The van der Waals surface area contributed by atoms with E-state index in [-0.39, 0.29) is 5.97 Å². The van der Waals surface area contributed by atoms with E-state index in [0.29, 0.717) is 11.3 Å². The second-order valence-electron chi connectivity index (χ2n) is 3.62. The zero-order valence-electron chi connectivity index (χ0n) is 8.67. The van der Waals surface area contributed by atoms with Crippen molar-refractivity contribution in [3.8, 4) is 0 Å². The maximum absolute atomic E-state index is 11.5. The van der Waals surface area contributed by atoms with Crippen molar-refractivity contribution in [2.75, 3.05) is 24.7 Å². The van der Waals surface area contributed by atoms with E-state index in [1.54, 1.807) is 6.07 Å². The van der Waals surface area contributed by atoms with Crippen LogP contribution in [0.15, 0.2) is 12.1 Å². The fraction of sp³-hybridized carbons (Fsp3) is 0.364. The number of esters is 1. The van der Waals surface area contributed by atoms with Crippen molar-refractivity contribution in [2.24, 2.45) is 0 Å². The molecule has 3 N–H and O–H groups in total. The number of fused-ring (bicyclic) bond motifs is 1. The minimum Gasteiger partial charge on any atom is -0.465 e. The average molecular weight is 206 g/mol. The quantitative estimate of drug-likeness (QED) is 0.538. The Morgan fingerprint density at radius 1 is 1.53 bits per heavy atom. The third-order valence-corrected chi connectivity index (χ3v) is 2.57. The molecule has 80 valence electrons. The summed E-state index contributed by atoms with van der Waals surface area (Å²) in [4.78, 5) is 11.5. The van der Waals surface area contributed by atoms with Crippen LogP contribution in [0.5, 0.6) is 0 Å². The molecule has 0 bridgehead atoms. The van der Waals surface area contributed by atoms with Crippen molar-refractivity contribution in [3.05, 3.63) is 23.3 Å². The fourth-order valence-corrected chi connectivity index (χ4v) is 1.90. The molecule has 0 radical (unpaired) electrons. The molecule has 0 saturated heterocycles. The number of aryl methyl sites for hydroxylation is 1. The first-order chi connectivity index (χ1) is 7.22. The van der Waals surface area contributed by atoms with Crippen LogP contribution in [-0.2, 0) is 11.2 Å². The van der Waals surface area contributed by atoms with Crippen LogP contribution in [0.4, 0.5) is 11.4 Å². The largest absolute Gasteiger partial charge is 0.465 e. The second-order valence-corrected chi connectivity index (χ2v) is 3.62. The standard InChI is InChI=1S/C11H14N2O2/c1-15-11(14)9-6-8(12)5-7-3-2-4-13-10(7)9/h5-6,13H,2-4,12H2,1H3. The van der Waals surface area contributed by atoms with E-state index in [2.05, 4.69) is 5.32 Å². The molecule has 0 saturated carbocycles. The zero-order chi connectivity index (χ0) is 10.8. The lowest BCUT2D eigenvalue weighted by Crippen LogP contribution is -2.17. The first-order valence-corrected chi connectivity index (χ1v) is 4.97. The van der Waals surface area contributed by atoms with Gasteiger partial charge in [-0.3, -0.25) is 0 Å². The molecule has 1 aromatic carbocycles. The van der Waals surface area contributed by atoms with Gasteiger partial charge in [0.15, 0.2) is 0 Å². The Hall–Kier alpha value is -1.71. The van der Waals surface area contributed by atoms with E-state index in [4.69, 9.17) is 10.5 Å². The highest BCUT2D eigenvalue weighted by Crippen LogP contribution is 2.29. The number of hydrogen-bond donors (Lipinski definition) is 2. The molecule has 15 heavy (non-hydrogen) atoms. The van der Waals surface area contributed by atoms with Crippen LogP contribution in [0.3, 0.4) is 0 Å². The molecular formula is C11H14N2O2. The molecule has 1 aliphatic rings. The first-order valence-electron chi connectivity index (χ1n) is 4.97. The first kappa shape index (κ1) is 9.83. The number of anilines is 2. The maximum Gasteiger partial charge on any atom is 0.340 e. The van der Waals surface area contributed by atoms with E-state index in [0.717, 1.165) is 30.6 Å². The van der Waals surface area contributed by atoms with Crippen molar-refractivity contribution in [3.63, 3.8) is 0 Å². The van der Waals surface area contributed by atoms with Crippen LogP contribution in [0.1, 0.15) is 22.3 Å². The number of nitrogens with two attached hydrogens (primary N) is 1. The summed E-state index contributed by atoms with van der Waals surface area (Å²) >= 11 is 0. The highest BCUT2D eigenvalue weighted by atomic mass is 16.5. The zero-order valence-corrected chi connectivity index (χ0v) is 8.67. The molecule has 0 unspecified atom stereocenters. The highest BCUT2D eigenvalue weighted by molar-refractivity contribution is 5.97. The molecule has 2 rings (SSSR count). The second kappa shape index (κ2) is 3.81. The number of carbonyl (C=O) groups excluding carboxylic acids is 1. The molecule has 1 aromatic rings. The predicted octanol–water partition coefficient (Wildman–Crippen LogP) is 1.41. The van der Waals surface area contributed by atoms with Gasteiger partial charge in [-0.1, -0.05) is 0 Å². The van der Waals surface area contributed by atoms with E-state index < -0.39 is 0 Å². The van der Waals surface area contributed by atoms with Crippen molar-refractivity contribution in [1.82, 2.24) is 0 Å². The Morgan fingerprint density at radius 2 is 2.33 bits per heavy atom. The molecule has 1 heterocycles.